The molecule has 42 heavy (non-hydrogen) atoms. The molecule has 0 radical (unpaired) electrons. The lowest BCUT2D eigenvalue weighted by atomic mass is 9.94. The van der Waals surface area contributed by atoms with Gasteiger partial charge in [0.05, 0.1) is 12.2 Å². The average molecular weight is 615 g/mol. The van der Waals surface area contributed by atoms with Gasteiger partial charge in [0.1, 0.15) is 21.6 Å². The normalized spacial score (nSPS) is 16.5. The number of hydrogen-bond donors (Lipinski definition) is 0. The molecule has 2 aliphatic rings. The quantitative estimate of drug-likeness (QED) is 0.317. The first-order chi connectivity index (χ1) is 20.0. The van der Waals surface area contributed by atoms with Crippen LogP contribution in [0.1, 0.15) is 75.0 Å². The van der Waals surface area contributed by atoms with Crippen molar-refractivity contribution in [3.8, 4) is 11.3 Å². The van der Waals surface area contributed by atoms with Gasteiger partial charge in [0.2, 0.25) is 0 Å². The minimum atomic E-state index is -0.606. The van der Waals surface area contributed by atoms with Crippen LogP contribution in [-0.2, 0) is 11.3 Å². The van der Waals surface area contributed by atoms with Crippen molar-refractivity contribution in [1.29, 1.82) is 0 Å². The molecule has 1 saturated heterocycles. The van der Waals surface area contributed by atoms with Gasteiger partial charge >= 0.3 is 11.8 Å². The molecule has 9 nitrogen and oxygen atoms in total. The zero-order valence-corrected chi connectivity index (χ0v) is 25.8. The van der Waals surface area contributed by atoms with Gasteiger partial charge in [-0.2, -0.15) is 0 Å². The second kappa shape index (κ2) is 12.5. The highest BCUT2D eigenvalue weighted by Crippen LogP contribution is 2.34. The summed E-state index contributed by atoms with van der Waals surface area (Å²) in [7, 11) is 0. The van der Waals surface area contributed by atoms with E-state index in [1.54, 1.807) is 26.5 Å². The van der Waals surface area contributed by atoms with E-state index >= 15 is 0 Å². The third-order valence-corrected chi connectivity index (χ3v) is 8.13. The van der Waals surface area contributed by atoms with E-state index in [0.29, 0.717) is 43.1 Å². The first-order valence-corrected chi connectivity index (χ1v) is 15.3. The van der Waals surface area contributed by atoms with E-state index in [1.165, 1.54) is 0 Å². The topological polar surface area (TPSA) is 89.7 Å². The Balaban J connectivity index is 1.58. The zero-order chi connectivity index (χ0) is 30.0. The molecular weight excluding hydrogens is 577 g/mol. The predicted octanol–water partition coefficient (Wildman–Crippen LogP) is 6.27. The first-order valence-electron chi connectivity index (χ1n) is 14.5. The van der Waals surface area contributed by atoms with Crippen LogP contribution in [0.15, 0.2) is 47.3 Å². The van der Waals surface area contributed by atoms with Crippen LogP contribution in [0.5, 0.6) is 0 Å². The van der Waals surface area contributed by atoms with E-state index in [9.17, 15) is 14.4 Å². The molecule has 1 saturated carbocycles. The van der Waals surface area contributed by atoms with Crippen molar-refractivity contribution in [3.05, 3.63) is 74.5 Å². The number of ether oxygens (including phenoxy) is 1. The van der Waals surface area contributed by atoms with Gasteiger partial charge < -0.3 is 14.5 Å². The SMILES string of the molecule is CC(C)(C)OC(=O)N1CCN(C(=O)c2c(-c3ccccc3)n(C3CCCCC3)c(=O)n2Cc2cc(Cl)nc(Cl)c2)CC1. The number of carbonyl (C=O) groups excluding carboxylic acids is 2. The van der Waals surface area contributed by atoms with Gasteiger partial charge in [-0.05, 0) is 51.3 Å². The second-order valence-corrected chi connectivity index (χ2v) is 12.7. The Morgan fingerprint density at radius 2 is 1.52 bits per heavy atom. The number of carbonyl (C=O) groups is 2. The van der Waals surface area contributed by atoms with Crippen LogP contribution in [0.25, 0.3) is 11.3 Å². The summed E-state index contributed by atoms with van der Waals surface area (Å²) in [4.78, 5) is 48.8. The number of imidazole rings is 1. The summed E-state index contributed by atoms with van der Waals surface area (Å²) in [6.45, 7) is 6.91. The van der Waals surface area contributed by atoms with Crippen LogP contribution >= 0.6 is 23.2 Å². The van der Waals surface area contributed by atoms with Crippen molar-refractivity contribution in [1.82, 2.24) is 23.9 Å². The molecule has 3 heterocycles. The summed E-state index contributed by atoms with van der Waals surface area (Å²) in [5.41, 5.74) is 1.59. The Morgan fingerprint density at radius 3 is 2.12 bits per heavy atom. The van der Waals surface area contributed by atoms with Gasteiger partial charge in [-0.1, -0.05) is 72.8 Å². The lowest BCUT2D eigenvalue weighted by Gasteiger charge is -2.35. The number of nitrogens with zero attached hydrogens (tertiary/aromatic N) is 5. The van der Waals surface area contributed by atoms with Gasteiger partial charge in [-0.15, -0.1) is 0 Å². The largest absolute Gasteiger partial charge is 0.444 e. The van der Waals surface area contributed by atoms with Crippen molar-refractivity contribution in [2.75, 3.05) is 26.2 Å². The summed E-state index contributed by atoms with van der Waals surface area (Å²) in [6.07, 6.45) is 4.54. The number of aromatic nitrogens is 3. The number of pyridine rings is 1. The standard InChI is InChI=1S/C31H37Cl2N5O4/c1-31(2,3)42-30(41)36-16-14-35(15-17-36)28(39)27-26(22-10-6-4-7-11-22)38(23-12-8-5-9-13-23)29(40)37(27)20-21-18-24(32)34-25(33)19-21/h4,6-7,10-11,18-19,23H,5,8-9,12-17,20H2,1-3H3. The van der Waals surface area contributed by atoms with E-state index in [4.69, 9.17) is 27.9 Å². The molecule has 2 fully saturated rings. The number of halogens is 2. The predicted molar refractivity (Wildman–Crippen MR) is 163 cm³/mol. The van der Waals surface area contributed by atoms with Crippen molar-refractivity contribution in [2.45, 2.75) is 71.1 Å². The maximum absolute atomic E-state index is 14.4. The Hall–Kier alpha value is -3.30. The molecule has 5 rings (SSSR count). The van der Waals surface area contributed by atoms with Crippen LogP contribution in [0, 0.1) is 0 Å². The minimum absolute atomic E-state index is 0.0112. The molecule has 1 aromatic carbocycles. The Bertz CT molecular complexity index is 1480. The molecule has 0 spiro atoms. The fourth-order valence-electron chi connectivity index (χ4n) is 5.83. The second-order valence-electron chi connectivity index (χ2n) is 12.0. The van der Waals surface area contributed by atoms with Crippen molar-refractivity contribution in [2.24, 2.45) is 0 Å². The smallest absolute Gasteiger partial charge is 0.410 e. The summed E-state index contributed by atoms with van der Waals surface area (Å²) in [6, 6.07) is 12.9. The average Bonchev–Trinajstić information content (AvgIpc) is 3.23. The highest BCUT2D eigenvalue weighted by atomic mass is 35.5. The van der Waals surface area contributed by atoms with Gasteiger partial charge in [-0.25, -0.2) is 14.6 Å². The van der Waals surface area contributed by atoms with E-state index < -0.39 is 11.7 Å². The molecule has 0 atom stereocenters. The van der Waals surface area contributed by atoms with E-state index in [2.05, 4.69) is 4.98 Å². The molecule has 1 aliphatic carbocycles. The maximum Gasteiger partial charge on any atom is 0.410 e. The van der Waals surface area contributed by atoms with Gasteiger partial charge in [0, 0.05) is 37.8 Å². The van der Waals surface area contributed by atoms with Gasteiger partial charge in [0.15, 0.2) is 0 Å². The molecule has 0 bridgehead atoms. The lowest BCUT2D eigenvalue weighted by molar-refractivity contribution is 0.0139. The third-order valence-electron chi connectivity index (χ3n) is 7.74. The highest BCUT2D eigenvalue weighted by Gasteiger charge is 2.35. The fourth-order valence-corrected chi connectivity index (χ4v) is 6.34. The van der Waals surface area contributed by atoms with Crippen molar-refractivity contribution >= 4 is 35.2 Å². The molecular formula is C31H37Cl2N5O4. The van der Waals surface area contributed by atoms with Crippen LogP contribution < -0.4 is 5.69 Å². The summed E-state index contributed by atoms with van der Waals surface area (Å²) < 4.78 is 8.93. The molecule has 224 valence electrons. The van der Waals surface area contributed by atoms with Crippen LogP contribution in [0.3, 0.4) is 0 Å². The van der Waals surface area contributed by atoms with Gasteiger partial charge in [0.25, 0.3) is 5.91 Å². The number of piperazine rings is 1. The van der Waals surface area contributed by atoms with E-state index in [0.717, 1.165) is 37.7 Å². The number of hydrogen-bond acceptors (Lipinski definition) is 5. The van der Waals surface area contributed by atoms with Gasteiger partial charge in [-0.3, -0.25) is 13.9 Å². The van der Waals surface area contributed by atoms with Crippen LogP contribution in [0.2, 0.25) is 10.3 Å². The zero-order valence-electron chi connectivity index (χ0n) is 24.3. The van der Waals surface area contributed by atoms with Crippen LogP contribution in [0.4, 0.5) is 4.79 Å². The summed E-state index contributed by atoms with van der Waals surface area (Å²) in [5.74, 6) is -0.254. The highest BCUT2D eigenvalue weighted by molar-refractivity contribution is 6.32. The molecule has 1 aliphatic heterocycles. The third kappa shape index (κ3) is 6.68. The van der Waals surface area contributed by atoms with Crippen molar-refractivity contribution in [3.63, 3.8) is 0 Å². The maximum atomic E-state index is 14.4. The number of benzene rings is 1. The lowest BCUT2D eigenvalue weighted by Crippen LogP contribution is -2.52. The van der Waals surface area contributed by atoms with Crippen molar-refractivity contribution < 1.29 is 14.3 Å². The van der Waals surface area contributed by atoms with E-state index in [-0.39, 0.29) is 34.5 Å². The molecule has 3 aromatic rings. The summed E-state index contributed by atoms with van der Waals surface area (Å²) in [5, 5.41) is 0.429. The van der Waals surface area contributed by atoms with Crippen LogP contribution in [-0.4, -0.2) is 67.7 Å². The summed E-state index contributed by atoms with van der Waals surface area (Å²) >= 11 is 12.4. The first kappa shape index (κ1) is 30.2. The molecule has 2 amide bonds. The minimum Gasteiger partial charge on any atom is -0.444 e. The molecule has 0 N–H and O–H groups in total. The Morgan fingerprint density at radius 1 is 0.929 bits per heavy atom. The molecule has 11 heteroatoms. The number of rotatable bonds is 5. The Labute approximate surface area is 256 Å². The number of amides is 2. The molecule has 2 aromatic heterocycles. The Kier molecular flexibility index (Phi) is 8.99. The fraction of sp³-hybridized carbons (Fsp3) is 0.484. The molecule has 0 unspecified atom stereocenters. The monoisotopic (exact) mass is 613 g/mol. The van der Waals surface area contributed by atoms with E-state index in [1.807, 2.05) is 55.7 Å².